The summed E-state index contributed by atoms with van der Waals surface area (Å²) in [5.74, 6) is -0.00699. The molecule has 112 valence electrons. The van der Waals surface area contributed by atoms with E-state index in [1.807, 2.05) is 69.3 Å². The number of aliphatic hydroxyl groups excluding tert-OH is 1. The van der Waals surface area contributed by atoms with E-state index in [0.29, 0.717) is 5.57 Å². The molecular formula is C19H19NO2. The summed E-state index contributed by atoms with van der Waals surface area (Å²) in [5, 5.41) is 10.5. The highest BCUT2D eigenvalue weighted by atomic mass is 16.3. The van der Waals surface area contributed by atoms with Crippen LogP contribution in [0.2, 0.25) is 0 Å². The maximum Gasteiger partial charge on any atom is 0.263 e. The molecule has 1 heterocycles. The van der Waals surface area contributed by atoms with Crippen LogP contribution < -0.4 is 4.90 Å². The predicted octanol–water partition coefficient (Wildman–Crippen LogP) is 4.01. The lowest BCUT2D eigenvalue weighted by Gasteiger charge is -2.26. The highest BCUT2D eigenvalue weighted by Crippen LogP contribution is 2.37. The van der Waals surface area contributed by atoms with Crippen LogP contribution >= 0.6 is 0 Å². The van der Waals surface area contributed by atoms with Crippen molar-refractivity contribution >= 4 is 17.2 Å². The number of hydrogen-bond donors (Lipinski definition) is 1. The van der Waals surface area contributed by atoms with Gasteiger partial charge in [0.25, 0.3) is 5.91 Å². The quantitative estimate of drug-likeness (QED) is 0.909. The van der Waals surface area contributed by atoms with E-state index in [1.54, 1.807) is 4.90 Å². The Morgan fingerprint density at radius 2 is 1.55 bits per heavy atom. The molecule has 0 fully saturated rings. The second kappa shape index (κ2) is 5.34. The monoisotopic (exact) mass is 293 g/mol. The van der Waals surface area contributed by atoms with E-state index < -0.39 is 0 Å². The van der Waals surface area contributed by atoms with Crippen LogP contribution in [0.1, 0.15) is 23.6 Å². The summed E-state index contributed by atoms with van der Waals surface area (Å²) < 4.78 is 0. The Balaban J connectivity index is 2.11. The van der Waals surface area contributed by atoms with Gasteiger partial charge >= 0.3 is 0 Å². The summed E-state index contributed by atoms with van der Waals surface area (Å²) in [7, 11) is 0. The first kappa shape index (κ1) is 14.4. The second-order valence-electron chi connectivity index (χ2n) is 5.72. The molecular weight excluding hydrogens is 274 g/mol. The molecule has 3 rings (SSSR count). The summed E-state index contributed by atoms with van der Waals surface area (Å²) in [5.41, 5.74) is 4.10. The number of aliphatic hydroxyl groups is 1. The molecule has 0 bridgehead atoms. The van der Waals surface area contributed by atoms with Crippen molar-refractivity contribution < 1.29 is 9.90 Å². The van der Waals surface area contributed by atoms with E-state index in [4.69, 9.17) is 0 Å². The molecule has 2 aromatic rings. The molecule has 2 aromatic carbocycles. The van der Waals surface area contributed by atoms with Gasteiger partial charge in [0.05, 0.1) is 17.3 Å². The summed E-state index contributed by atoms with van der Waals surface area (Å²) in [6.45, 7) is 5.83. The van der Waals surface area contributed by atoms with Crippen molar-refractivity contribution in [2.24, 2.45) is 0 Å². The van der Waals surface area contributed by atoms with Gasteiger partial charge in [0, 0.05) is 0 Å². The van der Waals surface area contributed by atoms with Crippen molar-refractivity contribution in [1.29, 1.82) is 0 Å². The molecule has 1 atom stereocenters. The van der Waals surface area contributed by atoms with E-state index >= 15 is 0 Å². The number of nitrogens with zero attached hydrogens (tertiary/aromatic N) is 1. The van der Waals surface area contributed by atoms with Crippen LogP contribution in [0, 0.1) is 13.8 Å². The zero-order valence-corrected chi connectivity index (χ0v) is 13.0. The summed E-state index contributed by atoms with van der Waals surface area (Å²) in [6, 6.07) is 14.9. The number of benzene rings is 2. The summed E-state index contributed by atoms with van der Waals surface area (Å²) in [4.78, 5) is 14.6. The van der Waals surface area contributed by atoms with Gasteiger partial charge < -0.3 is 5.11 Å². The molecule has 1 aliphatic rings. The first-order valence-electron chi connectivity index (χ1n) is 7.40. The third-order valence-electron chi connectivity index (χ3n) is 4.21. The molecule has 0 saturated carbocycles. The van der Waals surface area contributed by atoms with Crippen LogP contribution in [0.25, 0.3) is 5.57 Å². The van der Waals surface area contributed by atoms with Crippen LogP contribution in [0.5, 0.6) is 0 Å². The molecule has 1 amide bonds. The molecule has 3 nitrogen and oxygen atoms in total. The Labute approximate surface area is 130 Å². The number of para-hydroxylation sites is 1. The molecule has 0 radical (unpaired) electrons. The molecule has 1 N–H and O–H groups in total. The number of hydrogen-bond acceptors (Lipinski definition) is 2. The van der Waals surface area contributed by atoms with Crippen molar-refractivity contribution in [3.8, 4) is 0 Å². The molecule has 0 saturated heterocycles. The average molecular weight is 293 g/mol. The first-order chi connectivity index (χ1) is 10.5. The second-order valence-corrected chi connectivity index (χ2v) is 5.72. The van der Waals surface area contributed by atoms with Gasteiger partial charge in [-0.2, -0.15) is 0 Å². The number of anilines is 1. The molecule has 0 aliphatic carbocycles. The third kappa shape index (κ3) is 2.10. The van der Waals surface area contributed by atoms with Crippen LogP contribution in [-0.2, 0) is 4.79 Å². The number of carbonyl (C=O) groups excluding carboxylic acids is 1. The van der Waals surface area contributed by atoms with E-state index in [9.17, 15) is 9.90 Å². The van der Waals surface area contributed by atoms with Gasteiger partial charge in [0.15, 0.2) is 0 Å². The summed E-state index contributed by atoms with van der Waals surface area (Å²) in [6.07, 6.45) is 0. The van der Waals surface area contributed by atoms with E-state index in [-0.39, 0.29) is 17.7 Å². The Morgan fingerprint density at radius 1 is 0.955 bits per heavy atom. The molecule has 22 heavy (non-hydrogen) atoms. The minimum absolute atomic E-state index is 0.138. The van der Waals surface area contributed by atoms with E-state index in [0.717, 1.165) is 22.4 Å². The van der Waals surface area contributed by atoms with Crippen molar-refractivity contribution in [2.75, 3.05) is 4.90 Å². The number of rotatable bonds is 2. The van der Waals surface area contributed by atoms with Crippen LogP contribution in [0.3, 0.4) is 0 Å². The van der Waals surface area contributed by atoms with Crippen molar-refractivity contribution in [1.82, 2.24) is 0 Å². The Bertz CT molecular complexity index is 742. The fraction of sp³-hybridized carbons (Fsp3) is 0.211. The van der Waals surface area contributed by atoms with Crippen molar-refractivity contribution in [3.05, 3.63) is 71.0 Å². The minimum Gasteiger partial charge on any atom is -0.509 e. The molecule has 1 aliphatic heterocycles. The predicted molar refractivity (Wildman–Crippen MR) is 88.9 cm³/mol. The van der Waals surface area contributed by atoms with Gasteiger partial charge in [-0.15, -0.1) is 0 Å². The van der Waals surface area contributed by atoms with Crippen LogP contribution in [-0.4, -0.2) is 17.1 Å². The van der Waals surface area contributed by atoms with Gasteiger partial charge in [-0.3, -0.25) is 9.69 Å². The Hall–Kier alpha value is -2.55. The van der Waals surface area contributed by atoms with Crippen LogP contribution in [0.4, 0.5) is 5.69 Å². The zero-order chi connectivity index (χ0) is 15.9. The summed E-state index contributed by atoms with van der Waals surface area (Å²) >= 11 is 0. The number of carbonyl (C=O) groups is 1. The average Bonchev–Trinajstić information content (AvgIpc) is 2.72. The lowest BCUT2D eigenvalue weighted by Crippen LogP contribution is -2.34. The van der Waals surface area contributed by atoms with E-state index in [1.165, 1.54) is 0 Å². The Morgan fingerprint density at radius 3 is 2.14 bits per heavy atom. The van der Waals surface area contributed by atoms with Gasteiger partial charge in [0.1, 0.15) is 5.76 Å². The molecule has 0 aromatic heterocycles. The smallest absolute Gasteiger partial charge is 0.263 e. The standard InChI is InChI=1S/C19H19NO2/c1-12-8-7-9-13(2)17(12)20-14(3)18(21)16(19(20)22)15-10-5-4-6-11-15/h4-11,14,21H,1-3H3. The Kier molecular flexibility index (Phi) is 3.49. The zero-order valence-electron chi connectivity index (χ0n) is 13.0. The molecule has 1 unspecified atom stereocenters. The highest BCUT2D eigenvalue weighted by Gasteiger charge is 2.39. The maximum absolute atomic E-state index is 12.9. The largest absolute Gasteiger partial charge is 0.509 e. The van der Waals surface area contributed by atoms with Gasteiger partial charge in [-0.25, -0.2) is 0 Å². The minimum atomic E-state index is -0.359. The first-order valence-corrected chi connectivity index (χ1v) is 7.40. The maximum atomic E-state index is 12.9. The molecule has 3 heteroatoms. The van der Waals surface area contributed by atoms with Gasteiger partial charge in [-0.1, -0.05) is 48.5 Å². The van der Waals surface area contributed by atoms with Gasteiger partial charge in [-0.05, 0) is 37.5 Å². The number of amides is 1. The lowest BCUT2D eigenvalue weighted by molar-refractivity contribution is -0.113. The topological polar surface area (TPSA) is 40.5 Å². The van der Waals surface area contributed by atoms with Crippen LogP contribution in [0.15, 0.2) is 54.3 Å². The third-order valence-corrected chi connectivity index (χ3v) is 4.21. The SMILES string of the molecule is Cc1cccc(C)c1N1C(=O)C(c2ccccc2)=C(O)C1C. The van der Waals surface area contributed by atoms with Crippen molar-refractivity contribution in [3.63, 3.8) is 0 Å². The molecule has 0 spiro atoms. The highest BCUT2D eigenvalue weighted by molar-refractivity contribution is 6.30. The lowest BCUT2D eigenvalue weighted by atomic mass is 10.0. The van der Waals surface area contributed by atoms with E-state index in [2.05, 4.69) is 0 Å². The van der Waals surface area contributed by atoms with Crippen molar-refractivity contribution in [2.45, 2.75) is 26.8 Å². The fourth-order valence-corrected chi connectivity index (χ4v) is 3.09. The van der Waals surface area contributed by atoms with Gasteiger partial charge in [0.2, 0.25) is 0 Å². The normalized spacial score (nSPS) is 18.2. The number of aryl methyl sites for hydroxylation is 2. The fourth-order valence-electron chi connectivity index (χ4n) is 3.09.